The van der Waals surface area contributed by atoms with Gasteiger partial charge in [-0.2, -0.15) is 13.2 Å². The number of aliphatic imine (C=N–C) groups is 1. The predicted molar refractivity (Wildman–Crippen MR) is 86.9 cm³/mol. The van der Waals surface area contributed by atoms with Gasteiger partial charge in [0, 0.05) is 18.6 Å². The SMILES string of the molecule is I.NC(=NCc1nccn1CC(F)(F)F)Nc1ccccn1. The standard InChI is InChI=1S/C12H13F3N6.HI/c13-12(14,15)8-21-6-5-18-10(21)7-19-11(16)20-9-3-1-2-4-17-9;/h1-6H,7-8H2,(H3,16,17,19,20);1H. The Morgan fingerprint density at radius 2 is 2.05 bits per heavy atom. The Labute approximate surface area is 141 Å². The smallest absolute Gasteiger partial charge is 0.370 e. The van der Waals surface area contributed by atoms with Crippen LogP contribution in [0.15, 0.2) is 41.8 Å². The van der Waals surface area contributed by atoms with E-state index in [1.807, 2.05) is 0 Å². The van der Waals surface area contributed by atoms with Crippen LogP contribution >= 0.6 is 24.0 Å². The van der Waals surface area contributed by atoms with E-state index < -0.39 is 12.7 Å². The Morgan fingerprint density at radius 1 is 1.27 bits per heavy atom. The van der Waals surface area contributed by atoms with Gasteiger partial charge in [-0.15, -0.1) is 24.0 Å². The molecule has 0 aliphatic carbocycles. The van der Waals surface area contributed by atoms with Crippen LogP contribution in [-0.2, 0) is 13.1 Å². The maximum absolute atomic E-state index is 12.4. The number of alkyl halides is 3. The third-order valence-electron chi connectivity index (χ3n) is 2.46. The van der Waals surface area contributed by atoms with Crippen LogP contribution in [0.4, 0.5) is 19.0 Å². The fourth-order valence-electron chi connectivity index (χ4n) is 1.59. The summed E-state index contributed by atoms with van der Waals surface area (Å²) in [6.07, 6.45) is -0.192. The molecule has 6 nitrogen and oxygen atoms in total. The van der Waals surface area contributed by atoms with Gasteiger partial charge < -0.3 is 15.6 Å². The van der Waals surface area contributed by atoms with Crippen molar-refractivity contribution < 1.29 is 13.2 Å². The molecule has 2 aromatic rings. The normalized spacial score (nSPS) is 11.9. The van der Waals surface area contributed by atoms with Crippen molar-refractivity contribution >= 4 is 35.8 Å². The third-order valence-corrected chi connectivity index (χ3v) is 2.46. The van der Waals surface area contributed by atoms with Gasteiger partial charge in [0.05, 0.1) is 0 Å². The third kappa shape index (κ3) is 5.87. The van der Waals surface area contributed by atoms with E-state index >= 15 is 0 Å². The van der Waals surface area contributed by atoms with E-state index in [1.54, 1.807) is 24.4 Å². The molecule has 2 rings (SSSR count). The highest BCUT2D eigenvalue weighted by molar-refractivity contribution is 14.0. The number of imidazole rings is 1. The number of nitrogens with one attached hydrogen (secondary N) is 1. The lowest BCUT2D eigenvalue weighted by Crippen LogP contribution is -2.24. The summed E-state index contributed by atoms with van der Waals surface area (Å²) >= 11 is 0. The molecule has 0 saturated carbocycles. The summed E-state index contributed by atoms with van der Waals surface area (Å²) < 4.78 is 38.1. The molecule has 0 fully saturated rings. The minimum Gasteiger partial charge on any atom is -0.370 e. The Morgan fingerprint density at radius 3 is 2.68 bits per heavy atom. The lowest BCUT2D eigenvalue weighted by molar-refractivity contribution is -0.141. The second-order valence-electron chi connectivity index (χ2n) is 4.13. The zero-order valence-corrected chi connectivity index (χ0v) is 13.6. The highest BCUT2D eigenvalue weighted by Crippen LogP contribution is 2.18. The molecule has 0 atom stereocenters. The van der Waals surface area contributed by atoms with Crippen molar-refractivity contribution in [2.75, 3.05) is 5.32 Å². The van der Waals surface area contributed by atoms with Crippen LogP contribution < -0.4 is 11.1 Å². The highest BCUT2D eigenvalue weighted by Gasteiger charge is 2.28. The molecule has 0 spiro atoms. The lowest BCUT2D eigenvalue weighted by Gasteiger charge is -2.09. The molecule has 0 aliphatic rings. The van der Waals surface area contributed by atoms with Crippen LogP contribution in [0, 0.1) is 0 Å². The van der Waals surface area contributed by atoms with Gasteiger partial charge >= 0.3 is 6.18 Å². The number of pyridine rings is 1. The first-order chi connectivity index (χ1) is 9.94. The summed E-state index contributed by atoms with van der Waals surface area (Å²) in [6, 6.07) is 5.19. The lowest BCUT2D eigenvalue weighted by atomic mass is 10.5. The maximum Gasteiger partial charge on any atom is 0.406 e. The van der Waals surface area contributed by atoms with Crippen molar-refractivity contribution in [3.8, 4) is 0 Å². The van der Waals surface area contributed by atoms with E-state index in [4.69, 9.17) is 5.73 Å². The maximum atomic E-state index is 12.4. The van der Waals surface area contributed by atoms with Gasteiger partial charge in [0.25, 0.3) is 0 Å². The van der Waals surface area contributed by atoms with E-state index in [0.29, 0.717) is 5.82 Å². The molecule has 2 heterocycles. The Bertz CT molecular complexity index is 611. The summed E-state index contributed by atoms with van der Waals surface area (Å²) in [6.45, 7) is -1.17. The van der Waals surface area contributed by atoms with Gasteiger partial charge in [-0.1, -0.05) is 6.07 Å². The zero-order chi connectivity index (χ0) is 15.3. The Kier molecular flexibility index (Phi) is 6.59. The number of halogens is 4. The molecule has 120 valence electrons. The number of nitrogens with zero attached hydrogens (tertiary/aromatic N) is 4. The van der Waals surface area contributed by atoms with Crippen molar-refractivity contribution in [3.05, 3.63) is 42.6 Å². The van der Waals surface area contributed by atoms with Crippen molar-refractivity contribution in [3.63, 3.8) is 0 Å². The van der Waals surface area contributed by atoms with Crippen LogP contribution in [0.2, 0.25) is 0 Å². The monoisotopic (exact) mass is 426 g/mol. The number of hydrogen-bond acceptors (Lipinski definition) is 3. The van der Waals surface area contributed by atoms with E-state index in [-0.39, 0.29) is 42.3 Å². The fourth-order valence-corrected chi connectivity index (χ4v) is 1.59. The summed E-state index contributed by atoms with van der Waals surface area (Å²) in [5.41, 5.74) is 5.64. The molecule has 0 bridgehead atoms. The molecule has 10 heteroatoms. The number of guanidine groups is 1. The van der Waals surface area contributed by atoms with Crippen LogP contribution in [0.3, 0.4) is 0 Å². The zero-order valence-electron chi connectivity index (χ0n) is 11.3. The van der Waals surface area contributed by atoms with Crippen molar-refractivity contribution in [2.45, 2.75) is 19.3 Å². The van der Waals surface area contributed by atoms with Gasteiger partial charge in [0.2, 0.25) is 0 Å². The van der Waals surface area contributed by atoms with Crippen molar-refractivity contribution in [1.29, 1.82) is 0 Å². The average Bonchev–Trinajstić information content (AvgIpc) is 2.82. The first-order valence-corrected chi connectivity index (χ1v) is 5.99. The number of rotatable bonds is 4. The van der Waals surface area contributed by atoms with E-state index in [0.717, 1.165) is 4.57 Å². The first kappa shape index (κ1) is 18.2. The second kappa shape index (κ2) is 7.96. The topological polar surface area (TPSA) is 81.1 Å². The molecular weight excluding hydrogens is 412 g/mol. The van der Waals surface area contributed by atoms with E-state index in [2.05, 4.69) is 20.3 Å². The molecule has 0 amide bonds. The fraction of sp³-hybridized carbons (Fsp3) is 0.250. The van der Waals surface area contributed by atoms with Gasteiger partial charge in [0.15, 0.2) is 5.96 Å². The number of anilines is 1. The largest absolute Gasteiger partial charge is 0.406 e. The molecular formula is C12H14F3IN6. The van der Waals surface area contributed by atoms with Crippen LogP contribution in [0.5, 0.6) is 0 Å². The van der Waals surface area contributed by atoms with Gasteiger partial charge in [-0.25, -0.2) is 15.0 Å². The summed E-state index contributed by atoms with van der Waals surface area (Å²) in [4.78, 5) is 11.8. The molecule has 0 saturated heterocycles. The molecule has 0 unspecified atom stereocenters. The van der Waals surface area contributed by atoms with Crippen molar-refractivity contribution in [2.24, 2.45) is 10.7 Å². The number of nitrogens with two attached hydrogens (primary N) is 1. The van der Waals surface area contributed by atoms with Crippen molar-refractivity contribution in [1.82, 2.24) is 14.5 Å². The minimum absolute atomic E-state index is 0. The molecule has 3 N–H and O–H groups in total. The summed E-state index contributed by atoms with van der Waals surface area (Å²) in [5.74, 6) is 0.728. The Balaban J connectivity index is 0.00000242. The quantitative estimate of drug-likeness (QED) is 0.447. The van der Waals surface area contributed by atoms with E-state index in [1.165, 1.54) is 12.4 Å². The van der Waals surface area contributed by atoms with Crippen LogP contribution in [-0.4, -0.2) is 26.7 Å². The highest BCUT2D eigenvalue weighted by atomic mass is 127. The Hall–Kier alpha value is -1.85. The molecule has 0 aromatic carbocycles. The average molecular weight is 426 g/mol. The van der Waals surface area contributed by atoms with Crippen LogP contribution in [0.25, 0.3) is 0 Å². The summed E-state index contributed by atoms with van der Waals surface area (Å²) in [7, 11) is 0. The molecule has 0 radical (unpaired) electrons. The molecule has 2 aromatic heterocycles. The predicted octanol–water partition coefficient (Wildman–Crippen LogP) is 2.39. The van der Waals surface area contributed by atoms with E-state index in [9.17, 15) is 13.2 Å². The second-order valence-corrected chi connectivity index (χ2v) is 4.13. The van der Waals surface area contributed by atoms with Gasteiger partial charge in [0.1, 0.15) is 24.7 Å². The summed E-state index contributed by atoms with van der Waals surface area (Å²) in [5, 5.41) is 2.73. The number of aromatic nitrogens is 3. The number of hydrogen-bond donors (Lipinski definition) is 2. The van der Waals surface area contributed by atoms with Gasteiger partial charge in [-0.3, -0.25) is 0 Å². The van der Waals surface area contributed by atoms with Crippen LogP contribution in [0.1, 0.15) is 5.82 Å². The first-order valence-electron chi connectivity index (χ1n) is 5.99. The minimum atomic E-state index is -4.31. The molecule has 22 heavy (non-hydrogen) atoms. The molecule has 0 aliphatic heterocycles. The van der Waals surface area contributed by atoms with Gasteiger partial charge in [-0.05, 0) is 12.1 Å².